The van der Waals surface area contributed by atoms with Gasteiger partial charge in [0.05, 0.1) is 21.4 Å². The molecule has 0 N–H and O–H groups in total. The van der Waals surface area contributed by atoms with Gasteiger partial charge in [-0.05, 0) is 81.1 Å². The maximum atomic E-state index is 5.28. The van der Waals surface area contributed by atoms with Crippen molar-refractivity contribution in [3.63, 3.8) is 0 Å². The first-order valence-electron chi connectivity index (χ1n) is 16.5. The van der Waals surface area contributed by atoms with Crippen molar-refractivity contribution in [3.8, 4) is 33.5 Å². The van der Waals surface area contributed by atoms with Crippen LogP contribution in [0, 0.1) is 0 Å². The van der Waals surface area contributed by atoms with Gasteiger partial charge in [0, 0.05) is 35.6 Å². The van der Waals surface area contributed by atoms with Gasteiger partial charge in [0.1, 0.15) is 0 Å². The van der Waals surface area contributed by atoms with Crippen molar-refractivity contribution in [3.05, 3.63) is 158 Å². The Morgan fingerprint density at radius 2 is 0.959 bits per heavy atom. The molecule has 0 fully saturated rings. The van der Waals surface area contributed by atoms with Crippen LogP contribution in [0.1, 0.15) is 0 Å². The third-order valence-electron chi connectivity index (χ3n) is 9.99. The molecule has 49 heavy (non-hydrogen) atoms. The lowest BCUT2D eigenvalue weighted by Crippen LogP contribution is -1.93. The average molecular weight is 659 g/mol. The Kier molecular flexibility index (Phi) is 5.74. The zero-order valence-corrected chi connectivity index (χ0v) is 27.9. The predicted molar refractivity (Wildman–Crippen MR) is 212 cm³/mol. The third kappa shape index (κ3) is 4.15. The summed E-state index contributed by atoms with van der Waals surface area (Å²) in [5.41, 5.74) is 10.4. The second kappa shape index (κ2) is 10.3. The molecule has 7 aromatic carbocycles. The zero-order chi connectivity index (χ0) is 32.1. The lowest BCUT2D eigenvalue weighted by molar-refractivity contribution is 1.25. The van der Waals surface area contributed by atoms with Gasteiger partial charge in [0.2, 0.25) is 0 Å². The highest BCUT2D eigenvalue weighted by atomic mass is 32.1. The second-order valence-electron chi connectivity index (χ2n) is 12.8. The molecule has 4 heterocycles. The van der Waals surface area contributed by atoms with E-state index in [1.54, 1.807) is 0 Å². The minimum atomic E-state index is 1.02. The van der Waals surface area contributed by atoms with Gasteiger partial charge < -0.3 is 0 Å². The Hall–Kier alpha value is -5.81. The molecule has 0 spiro atoms. The fourth-order valence-corrected chi connectivity index (χ4v) is 9.79. The first kappa shape index (κ1) is 27.2. The molecular weight excluding hydrogens is 633 g/mol. The van der Waals surface area contributed by atoms with Crippen LogP contribution in [0.3, 0.4) is 0 Å². The van der Waals surface area contributed by atoms with E-state index < -0.39 is 0 Å². The number of rotatable bonds is 3. The predicted octanol–water partition coefficient (Wildman–Crippen LogP) is 13.4. The van der Waals surface area contributed by atoms with Gasteiger partial charge in [-0.2, -0.15) is 0 Å². The van der Waals surface area contributed by atoms with Crippen molar-refractivity contribution in [2.45, 2.75) is 0 Å². The molecule has 0 bridgehead atoms. The molecule has 0 aliphatic rings. The van der Waals surface area contributed by atoms with E-state index in [2.05, 4.69) is 162 Å². The van der Waals surface area contributed by atoms with E-state index >= 15 is 0 Å². The standard InChI is InChI=1S/C45H26N2S2/c1-2-8-32-25-40-38(24-31(32)7-1)46-45-44-37(35-10-4-6-12-42(35)49-44)26-39(47(40)45)30-19-17-28(18-20-30)27-13-15-29(16-14-27)33-21-22-43-36(23-33)34-9-3-5-11-41(34)48-43/h1-26H. The molecule has 0 saturated heterocycles. The summed E-state index contributed by atoms with van der Waals surface area (Å²) < 4.78 is 7.57. The molecule has 0 aliphatic heterocycles. The Morgan fingerprint density at radius 1 is 0.408 bits per heavy atom. The number of nitrogens with zero attached hydrogens (tertiary/aromatic N) is 2. The van der Waals surface area contributed by atoms with E-state index in [-0.39, 0.29) is 0 Å². The summed E-state index contributed by atoms with van der Waals surface area (Å²) in [6.07, 6.45) is 0. The van der Waals surface area contributed by atoms with Crippen molar-refractivity contribution < 1.29 is 0 Å². The zero-order valence-electron chi connectivity index (χ0n) is 26.2. The summed E-state index contributed by atoms with van der Waals surface area (Å²) >= 11 is 3.70. The van der Waals surface area contributed by atoms with Crippen molar-refractivity contribution in [1.29, 1.82) is 0 Å². The quantitative estimate of drug-likeness (QED) is 0.185. The number of aromatic nitrogens is 2. The van der Waals surface area contributed by atoms with Crippen molar-refractivity contribution in [2.24, 2.45) is 0 Å². The summed E-state index contributed by atoms with van der Waals surface area (Å²) in [4.78, 5) is 5.28. The topological polar surface area (TPSA) is 17.3 Å². The van der Waals surface area contributed by atoms with Crippen LogP contribution in [-0.2, 0) is 0 Å². The van der Waals surface area contributed by atoms with E-state index in [4.69, 9.17) is 4.98 Å². The van der Waals surface area contributed by atoms with E-state index in [1.807, 2.05) is 22.7 Å². The molecular formula is C45H26N2S2. The third-order valence-corrected chi connectivity index (χ3v) is 12.3. The fraction of sp³-hybridized carbons (Fsp3) is 0. The van der Waals surface area contributed by atoms with Crippen molar-refractivity contribution in [1.82, 2.24) is 9.38 Å². The summed E-state index contributed by atoms with van der Waals surface area (Å²) in [6, 6.07) is 57.8. The summed E-state index contributed by atoms with van der Waals surface area (Å²) in [5, 5.41) is 7.65. The molecule has 4 aromatic heterocycles. The molecule has 0 saturated carbocycles. The van der Waals surface area contributed by atoms with Crippen LogP contribution < -0.4 is 0 Å². The highest BCUT2D eigenvalue weighted by Crippen LogP contribution is 2.41. The Labute approximate surface area is 289 Å². The van der Waals surface area contributed by atoms with Crippen LogP contribution in [0.15, 0.2) is 158 Å². The van der Waals surface area contributed by atoms with Gasteiger partial charge >= 0.3 is 0 Å². The summed E-state index contributed by atoms with van der Waals surface area (Å²) in [5.74, 6) is 0. The largest absolute Gasteiger partial charge is 0.291 e. The number of pyridine rings is 1. The number of imidazole rings is 1. The lowest BCUT2D eigenvalue weighted by atomic mass is 9.98. The molecule has 11 rings (SSSR count). The normalized spacial score (nSPS) is 12.1. The molecule has 11 aromatic rings. The molecule has 0 atom stereocenters. The summed E-state index contributed by atoms with van der Waals surface area (Å²) in [7, 11) is 0. The number of hydrogen-bond donors (Lipinski definition) is 0. The number of fused-ring (bicyclic) bond motifs is 11. The summed E-state index contributed by atoms with van der Waals surface area (Å²) in [6.45, 7) is 0. The molecule has 2 nitrogen and oxygen atoms in total. The van der Waals surface area contributed by atoms with Gasteiger partial charge in [0.25, 0.3) is 0 Å². The van der Waals surface area contributed by atoms with Gasteiger partial charge in [-0.15, -0.1) is 22.7 Å². The van der Waals surface area contributed by atoms with Crippen LogP contribution in [-0.4, -0.2) is 9.38 Å². The number of hydrogen-bond acceptors (Lipinski definition) is 3. The first-order chi connectivity index (χ1) is 24.2. The smallest absolute Gasteiger partial charge is 0.156 e. The van der Waals surface area contributed by atoms with Crippen LogP contribution in [0.4, 0.5) is 0 Å². The molecule has 0 radical (unpaired) electrons. The van der Waals surface area contributed by atoms with Crippen LogP contribution in [0.25, 0.3) is 101 Å². The van der Waals surface area contributed by atoms with Crippen molar-refractivity contribution in [2.75, 3.05) is 0 Å². The SMILES string of the molecule is c1ccc2cc3c(cc2c1)nc1c2sc4ccccc4c2cc(-c2ccc(-c4ccc(-c5ccc6sc7ccccc7c6c5)cc4)cc2)n31. The Morgan fingerprint density at radius 3 is 1.69 bits per heavy atom. The lowest BCUT2D eigenvalue weighted by Gasteiger charge is -2.11. The van der Waals surface area contributed by atoms with E-state index in [0.29, 0.717) is 0 Å². The van der Waals surface area contributed by atoms with E-state index in [9.17, 15) is 0 Å². The number of benzene rings is 7. The highest BCUT2D eigenvalue weighted by molar-refractivity contribution is 7.26. The maximum absolute atomic E-state index is 5.28. The Bertz CT molecular complexity index is 3080. The molecule has 0 amide bonds. The van der Waals surface area contributed by atoms with Crippen LogP contribution in [0.5, 0.6) is 0 Å². The molecule has 0 unspecified atom stereocenters. The average Bonchev–Trinajstić information content (AvgIpc) is 3.85. The second-order valence-corrected chi connectivity index (χ2v) is 14.9. The Balaban J connectivity index is 1.02. The number of thiophene rings is 2. The van der Waals surface area contributed by atoms with Gasteiger partial charge in [0.15, 0.2) is 5.65 Å². The van der Waals surface area contributed by atoms with Gasteiger partial charge in [-0.25, -0.2) is 4.98 Å². The minimum Gasteiger partial charge on any atom is -0.291 e. The van der Waals surface area contributed by atoms with Crippen LogP contribution in [0.2, 0.25) is 0 Å². The molecule has 4 heteroatoms. The first-order valence-corrected chi connectivity index (χ1v) is 18.2. The molecule has 228 valence electrons. The van der Waals surface area contributed by atoms with Crippen molar-refractivity contribution >= 4 is 90.5 Å². The van der Waals surface area contributed by atoms with Gasteiger partial charge in [-0.3, -0.25) is 4.40 Å². The molecule has 0 aliphatic carbocycles. The monoisotopic (exact) mass is 658 g/mol. The highest BCUT2D eigenvalue weighted by Gasteiger charge is 2.18. The maximum Gasteiger partial charge on any atom is 0.156 e. The van der Waals surface area contributed by atoms with Gasteiger partial charge in [-0.1, -0.05) is 115 Å². The van der Waals surface area contributed by atoms with Crippen LogP contribution >= 0.6 is 22.7 Å². The van der Waals surface area contributed by atoms with E-state index in [1.165, 1.54) is 78.9 Å². The van der Waals surface area contributed by atoms with E-state index in [0.717, 1.165) is 22.4 Å². The minimum absolute atomic E-state index is 1.02. The fourth-order valence-electron chi connectivity index (χ4n) is 7.54.